The predicted octanol–water partition coefficient (Wildman–Crippen LogP) is 4.01. The predicted molar refractivity (Wildman–Crippen MR) is 73.7 cm³/mol. The van der Waals surface area contributed by atoms with Gasteiger partial charge in [0.25, 0.3) is 0 Å². The zero-order valence-electron chi connectivity index (χ0n) is 11.0. The molecule has 98 valence electrons. The summed E-state index contributed by atoms with van der Waals surface area (Å²) in [5.74, 6) is 0.851. The summed E-state index contributed by atoms with van der Waals surface area (Å²) in [4.78, 5) is 0. The number of allylic oxidation sites excluding steroid dienone is 1. The molecule has 0 saturated heterocycles. The van der Waals surface area contributed by atoms with Crippen molar-refractivity contribution in [2.45, 2.75) is 51.2 Å². The fourth-order valence-corrected chi connectivity index (χ4v) is 2.25. The van der Waals surface area contributed by atoms with Gasteiger partial charge in [0.05, 0.1) is 6.10 Å². The minimum absolute atomic E-state index is 0.176. The monoisotopic (exact) mass is 246 g/mol. The van der Waals surface area contributed by atoms with Gasteiger partial charge >= 0.3 is 0 Å². The molecule has 1 aromatic carbocycles. The van der Waals surface area contributed by atoms with Crippen molar-refractivity contribution in [2.75, 3.05) is 0 Å². The molecule has 0 heterocycles. The topological polar surface area (TPSA) is 29.5 Å². The lowest BCUT2D eigenvalue weighted by atomic mass is 10.0. The lowest BCUT2D eigenvalue weighted by molar-refractivity contribution is 0.196. The summed E-state index contributed by atoms with van der Waals surface area (Å²) in [6.07, 6.45) is 10.2. The van der Waals surface area contributed by atoms with Gasteiger partial charge in [0, 0.05) is 0 Å². The molecule has 2 atom stereocenters. The summed E-state index contributed by atoms with van der Waals surface area (Å²) in [5.41, 5.74) is 0.905. The van der Waals surface area contributed by atoms with Gasteiger partial charge in [-0.15, -0.1) is 0 Å². The Balaban J connectivity index is 2.03. The van der Waals surface area contributed by atoms with Gasteiger partial charge in [-0.25, -0.2) is 0 Å². The van der Waals surface area contributed by atoms with Gasteiger partial charge in [-0.1, -0.05) is 24.6 Å². The summed E-state index contributed by atoms with van der Waals surface area (Å²) >= 11 is 0. The lowest BCUT2D eigenvalue weighted by Gasteiger charge is -2.18. The minimum atomic E-state index is -0.443. The highest BCUT2D eigenvalue weighted by Crippen LogP contribution is 2.22. The molecule has 0 spiro atoms. The Morgan fingerprint density at radius 2 is 2.17 bits per heavy atom. The maximum Gasteiger partial charge on any atom is 0.120 e. The lowest BCUT2D eigenvalue weighted by Crippen LogP contribution is -2.14. The van der Waals surface area contributed by atoms with Crippen molar-refractivity contribution in [1.82, 2.24) is 0 Å². The van der Waals surface area contributed by atoms with E-state index in [0.717, 1.165) is 24.2 Å². The Morgan fingerprint density at radius 3 is 3.00 bits per heavy atom. The zero-order valence-corrected chi connectivity index (χ0v) is 11.0. The fourth-order valence-electron chi connectivity index (χ4n) is 2.25. The van der Waals surface area contributed by atoms with E-state index in [4.69, 9.17) is 4.74 Å². The Morgan fingerprint density at radius 1 is 1.28 bits per heavy atom. The SMILES string of the molecule is C[C@@H](O)c1cccc(OC2/C=C/CCCCC2)c1. The van der Waals surface area contributed by atoms with E-state index in [1.54, 1.807) is 6.92 Å². The fraction of sp³-hybridized carbons (Fsp3) is 0.500. The van der Waals surface area contributed by atoms with Gasteiger partial charge in [-0.05, 0) is 56.4 Å². The first-order valence-corrected chi connectivity index (χ1v) is 6.87. The van der Waals surface area contributed by atoms with E-state index >= 15 is 0 Å². The van der Waals surface area contributed by atoms with Crippen molar-refractivity contribution in [3.05, 3.63) is 42.0 Å². The van der Waals surface area contributed by atoms with Crippen molar-refractivity contribution < 1.29 is 9.84 Å². The summed E-state index contributed by atoms with van der Waals surface area (Å²) in [6, 6.07) is 7.74. The maximum atomic E-state index is 9.57. The van der Waals surface area contributed by atoms with Gasteiger partial charge in [-0.2, -0.15) is 0 Å². The van der Waals surface area contributed by atoms with E-state index in [0.29, 0.717) is 0 Å². The van der Waals surface area contributed by atoms with Crippen molar-refractivity contribution in [3.63, 3.8) is 0 Å². The normalized spacial score (nSPS) is 23.8. The number of ether oxygens (including phenoxy) is 1. The van der Waals surface area contributed by atoms with Crippen molar-refractivity contribution in [2.24, 2.45) is 0 Å². The quantitative estimate of drug-likeness (QED) is 0.817. The molecule has 0 fully saturated rings. The number of hydrogen-bond donors (Lipinski definition) is 1. The second-order valence-electron chi connectivity index (χ2n) is 4.97. The molecule has 1 N–H and O–H groups in total. The van der Waals surface area contributed by atoms with Crippen LogP contribution in [0.15, 0.2) is 36.4 Å². The Kier molecular flexibility index (Phi) is 4.82. The van der Waals surface area contributed by atoms with Gasteiger partial charge in [0.2, 0.25) is 0 Å². The molecule has 2 nitrogen and oxygen atoms in total. The second kappa shape index (κ2) is 6.60. The number of rotatable bonds is 3. The maximum absolute atomic E-state index is 9.57. The van der Waals surface area contributed by atoms with Crippen LogP contribution in [0.2, 0.25) is 0 Å². The minimum Gasteiger partial charge on any atom is -0.486 e. The number of aliphatic hydroxyl groups excluding tert-OH is 1. The van der Waals surface area contributed by atoms with Crippen LogP contribution in [0.4, 0.5) is 0 Å². The number of benzene rings is 1. The zero-order chi connectivity index (χ0) is 12.8. The van der Waals surface area contributed by atoms with Gasteiger partial charge in [-0.3, -0.25) is 0 Å². The van der Waals surface area contributed by atoms with E-state index in [1.807, 2.05) is 24.3 Å². The molecule has 1 aromatic rings. The molecule has 1 aliphatic rings. The molecule has 0 saturated carbocycles. The standard InChI is InChI=1S/C16H22O2/c1-13(17)14-8-7-11-16(12-14)18-15-9-5-3-2-4-6-10-15/h5,7-9,11-13,15,17H,2-4,6,10H2,1H3/b9-5+/t13-,15?/m1/s1. The van der Waals surface area contributed by atoms with Crippen LogP contribution in [0, 0.1) is 0 Å². The molecular formula is C16H22O2. The smallest absolute Gasteiger partial charge is 0.120 e. The van der Waals surface area contributed by atoms with Crippen LogP contribution in [0.1, 0.15) is 50.7 Å². The third kappa shape index (κ3) is 3.88. The van der Waals surface area contributed by atoms with Crippen LogP contribution in [0.3, 0.4) is 0 Å². The average molecular weight is 246 g/mol. The van der Waals surface area contributed by atoms with Crippen molar-refractivity contribution >= 4 is 0 Å². The third-order valence-corrected chi connectivity index (χ3v) is 3.34. The largest absolute Gasteiger partial charge is 0.486 e. The van der Waals surface area contributed by atoms with E-state index in [9.17, 15) is 5.11 Å². The molecule has 0 aliphatic heterocycles. The van der Waals surface area contributed by atoms with E-state index in [1.165, 1.54) is 19.3 Å². The molecule has 1 unspecified atom stereocenters. The highest BCUT2D eigenvalue weighted by molar-refractivity contribution is 5.30. The Labute approximate surface area is 109 Å². The Bertz CT molecular complexity index is 396. The van der Waals surface area contributed by atoms with E-state index < -0.39 is 6.10 Å². The highest BCUT2D eigenvalue weighted by Gasteiger charge is 2.09. The first-order valence-electron chi connectivity index (χ1n) is 6.87. The van der Waals surface area contributed by atoms with Crippen LogP contribution >= 0.6 is 0 Å². The molecule has 0 aromatic heterocycles. The van der Waals surface area contributed by atoms with Crippen LogP contribution < -0.4 is 4.74 Å². The molecule has 0 radical (unpaired) electrons. The summed E-state index contributed by atoms with van der Waals surface area (Å²) in [5, 5.41) is 9.57. The van der Waals surface area contributed by atoms with Crippen molar-refractivity contribution in [3.8, 4) is 5.75 Å². The summed E-state index contributed by atoms with van der Waals surface area (Å²) < 4.78 is 5.98. The van der Waals surface area contributed by atoms with Crippen LogP contribution in [-0.2, 0) is 0 Å². The second-order valence-corrected chi connectivity index (χ2v) is 4.97. The van der Waals surface area contributed by atoms with Crippen LogP contribution in [-0.4, -0.2) is 11.2 Å². The first kappa shape index (κ1) is 13.2. The molecule has 2 rings (SSSR count). The molecule has 0 bridgehead atoms. The van der Waals surface area contributed by atoms with Crippen LogP contribution in [0.5, 0.6) is 5.75 Å². The molecule has 0 amide bonds. The molecule has 2 heteroatoms. The molecular weight excluding hydrogens is 224 g/mol. The van der Waals surface area contributed by atoms with Gasteiger partial charge in [0.1, 0.15) is 11.9 Å². The average Bonchev–Trinajstić information content (AvgIpc) is 2.33. The third-order valence-electron chi connectivity index (χ3n) is 3.34. The van der Waals surface area contributed by atoms with Gasteiger partial charge in [0.15, 0.2) is 0 Å². The van der Waals surface area contributed by atoms with Crippen molar-refractivity contribution in [1.29, 1.82) is 0 Å². The number of aliphatic hydroxyl groups is 1. The molecule has 18 heavy (non-hydrogen) atoms. The van der Waals surface area contributed by atoms with Gasteiger partial charge < -0.3 is 9.84 Å². The highest BCUT2D eigenvalue weighted by atomic mass is 16.5. The number of hydrogen-bond acceptors (Lipinski definition) is 2. The summed E-state index contributed by atoms with van der Waals surface area (Å²) in [7, 11) is 0. The van der Waals surface area contributed by atoms with Crippen LogP contribution in [0.25, 0.3) is 0 Å². The van der Waals surface area contributed by atoms with E-state index in [-0.39, 0.29) is 6.10 Å². The Hall–Kier alpha value is -1.28. The molecule has 1 aliphatic carbocycles. The summed E-state index contributed by atoms with van der Waals surface area (Å²) in [6.45, 7) is 1.77. The van der Waals surface area contributed by atoms with E-state index in [2.05, 4.69) is 12.2 Å². The first-order chi connectivity index (χ1) is 8.75.